The van der Waals surface area contributed by atoms with E-state index in [9.17, 15) is 18.9 Å². The van der Waals surface area contributed by atoms with Gasteiger partial charge in [-0.25, -0.2) is 18.7 Å². The molecule has 1 heterocycles. The Morgan fingerprint density at radius 2 is 2.22 bits per heavy atom. The Kier molecular flexibility index (Phi) is 5.10. The van der Waals surface area contributed by atoms with Crippen molar-refractivity contribution in [1.29, 1.82) is 0 Å². The average molecular weight is 283 g/mol. The Bertz CT molecular complexity index is 435. The Labute approximate surface area is 105 Å². The predicted molar refractivity (Wildman–Crippen MR) is 59.0 cm³/mol. The normalized spacial score (nSPS) is 10.7. The summed E-state index contributed by atoms with van der Waals surface area (Å²) in [5.41, 5.74) is -0.659. The van der Waals surface area contributed by atoms with Gasteiger partial charge >= 0.3 is 5.69 Å². The number of nitro groups is 1. The highest BCUT2D eigenvalue weighted by Gasteiger charge is 2.27. The monoisotopic (exact) mass is 282 g/mol. The molecule has 7 nitrogen and oxygen atoms in total. The van der Waals surface area contributed by atoms with E-state index in [1.807, 2.05) is 0 Å². The fourth-order valence-electron chi connectivity index (χ4n) is 1.31. The molecule has 0 unspecified atom stereocenters. The zero-order chi connectivity index (χ0) is 13.7. The summed E-state index contributed by atoms with van der Waals surface area (Å²) in [6.07, 6.45) is -1.80. The summed E-state index contributed by atoms with van der Waals surface area (Å²) in [5, 5.41) is 19.1. The number of aromatic nitrogens is 2. The third-order valence-electron chi connectivity index (χ3n) is 1.97. The molecule has 1 N–H and O–H groups in total. The van der Waals surface area contributed by atoms with Gasteiger partial charge in [0.05, 0.1) is 18.1 Å². The van der Waals surface area contributed by atoms with Crippen LogP contribution < -0.4 is 4.90 Å². The predicted octanol–water partition coefficient (Wildman–Crippen LogP) is 1.10. The minimum Gasteiger partial charge on any atom is -0.395 e. The molecule has 0 fully saturated rings. The van der Waals surface area contributed by atoms with Gasteiger partial charge in [0.1, 0.15) is 6.33 Å². The lowest BCUT2D eigenvalue weighted by Crippen LogP contribution is -2.33. The standard InChI is InChI=1S/C8H9ClF2N4O3/c9-7-6(15(17)18)8(13-4-12-7)14(1-2-16)3-5(10)11/h4-5,16H,1-3H2. The van der Waals surface area contributed by atoms with Crippen molar-refractivity contribution < 1.29 is 18.8 Å². The summed E-state index contributed by atoms with van der Waals surface area (Å²) in [5.74, 6) is -0.339. The summed E-state index contributed by atoms with van der Waals surface area (Å²) in [6, 6.07) is 0. The lowest BCUT2D eigenvalue weighted by Gasteiger charge is -2.21. The van der Waals surface area contributed by atoms with Crippen LogP contribution in [0.25, 0.3) is 0 Å². The molecule has 10 heteroatoms. The molecule has 0 bridgehead atoms. The maximum atomic E-state index is 12.4. The molecule has 0 radical (unpaired) electrons. The van der Waals surface area contributed by atoms with Crippen LogP contribution in [0.3, 0.4) is 0 Å². The van der Waals surface area contributed by atoms with Crippen LogP contribution in [0.2, 0.25) is 5.15 Å². The molecule has 0 saturated carbocycles. The summed E-state index contributed by atoms with van der Waals surface area (Å²) in [7, 11) is 0. The van der Waals surface area contributed by atoms with Crippen molar-refractivity contribution in [2.24, 2.45) is 0 Å². The molecule has 0 amide bonds. The quantitative estimate of drug-likeness (QED) is 0.477. The van der Waals surface area contributed by atoms with Crippen LogP contribution in [0.4, 0.5) is 20.3 Å². The molecule has 0 saturated heterocycles. The van der Waals surface area contributed by atoms with Gasteiger partial charge in [-0.05, 0) is 0 Å². The Morgan fingerprint density at radius 3 is 2.72 bits per heavy atom. The Hall–Kier alpha value is -1.61. The van der Waals surface area contributed by atoms with Crippen LogP contribution in [0.5, 0.6) is 0 Å². The molecular weight excluding hydrogens is 274 g/mol. The number of nitrogens with zero attached hydrogens (tertiary/aromatic N) is 4. The van der Waals surface area contributed by atoms with E-state index >= 15 is 0 Å². The van der Waals surface area contributed by atoms with Crippen molar-refractivity contribution in [2.45, 2.75) is 6.43 Å². The van der Waals surface area contributed by atoms with Gasteiger partial charge in [-0.15, -0.1) is 0 Å². The van der Waals surface area contributed by atoms with Crippen molar-refractivity contribution in [3.63, 3.8) is 0 Å². The van der Waals surface area contributed by atoms with Crippen LogP contribution in [-0.2, 0) is 0 Å². The minimum atomic E-state index is -2.73. The lowest BCUT2D eigenvalue weighted by atomic mass is 10.4. The SMILES string of the molecule is O=[N+]([O-])c1c(Cl)ncnc1N(CCO)CC(F)F. The molecule has 0 aromatic carbocycles. The number of aliphatic hydroxyl groups excluding tert-OH is 1. The fourth-order valence-corrected chi connectivity index (χ4v) is 1.51. The smallest absolute Gasteiger partial charge is 0.348 e. The lowest BCUT2D eigenvalue weighted by molar-refractivity contribution is -0.384. The van der Waals surface area contributed by atoms with Crippen molar-refractivity contribution in [3.05, 3.63) is 21.6 Å². The molecular formula is C8H9ClF2N4O3. The van der Waals surface area contributed by atoms with E-state index in [0.717, 1.165) is 11.2 Å². The number of hydrogen-bond acceptors (Lipinski definition) is 6. The van der Waals surface area contributed by atoms with Gasteiger partial charge in [-0.2, -0.15) is 0 Å². The molecule has 0 aliphatic heterocycles. The van der Waals surface area contributed by atoms with Crippen LogP contribution in [0, 0.1) is 10.1 Å². The van der Waals surface area contributed by atoms with Crippen molar-refractivity contribution in [3.8, 4) is 0 Å². The zero-order valence-corrected chi connectivity index (χ0v) is 9.72. The number of alkyl halides is 2. The molecule has 0 atom stereocenters. The highest BCUT2D eigenvalue weighted by molar-refractivity contribution is 6.31. The van der Waals surface area contributed by atoms with Crippen LogP contribution in [0.15, 0.2) is 6.33 Å². The first-order chi connectivity index (χ1) is 8.47. The largest absolute Gasteiger partial charge is 0.395 e. The van der Waals surface area contributed by atoms with Gasteiger partial charge in [0.25, 0.3) is 6.43 Å². The number of anilines is 1. The van der Waals surface area contributed by atoms with Gasteiger partial charge in [0.2, 0.25) is 11.0 Å². The fraction of sp³-hybridized carbons (Fsp3) is 0.500. The maximum Gasteiger partial charge on any atom is 0.348 e. The highest BCUT2D eigenvalue weighted by Crippen LogP contribution is 2.31. The first-order valence-corrected chi connectivity index (χ1v) is 5.14. The summed E-state index contributed by atoms with van der Waals surface area (Å²) < 4.78 is 24.7. The van der Waals surface area contributed by atoms with Crippen LogP contribution in [0.1, 0.15) is 0 Å². The second kappa shape index (κ2) is 6.36. The number of aliphatic hydroxyl groups is 1. The number of halogens is 3. The first kappa shape index (κ1) is 14.5. The van der Waals surface area contributed by atoms with E-state index in [-0.39, 0.29) is 12.4 Å². The van der Waals surface area contributed by atoms with Gasteiger partial charge in [0, 0.05) is 6.54 Å². The molecule has 0 spiro atoms. The van der Waals surface area contributed by atoms with Gasteiger partial charge < -0.3 is 10.0 Å². The zero-order valence-electron chi connectivity index (χ0n) is 8.96. The van der Waals surface area contributed by atoms with Crippen molar-refractivity contribution in [2.75, 3.05) is 24.6 Å². The molecule has 1 aromatic heterocycles. The van der Waals surface area contributed by atoms with E-state index in [0.29, 0.717) is 0 Å². The van der Waals surface area contributed by atoms with E-state index in [4.69, 9.17) is 16.7 Å². The van der Waals surface area contributed by atoms with E-state index in [1.165, 1.54) is 0 Å². The molecule has 0 aliphatic rings. The minimum absolute atomic E-state index is 0.224. The van der Waals surface area contributed by atoms with E-state index in [1.54, 1.807) is 0 Å². The number of hydrogen-bond donors (Lipinski definition) is 1. The second-order valence-electron chi connectivity index (χ2n) is 3.15. The second-order valence-corrected chi connectivity index (χ2v) is 3.51. The molecule has 18 heavy (non-hydrogen) atoms. The third-order valence-corrected chi connectivity index (χ3v) is 2.25. The van der Waals surface area contributed by atoms with E-state index < -0.39 is 35.3 Å². The van der Waals surface area contributed by atoms with Crippen LogP contribution in [-0.4, -0.2) is 46.1 Å². The topological polar surface area (TPSA) is 92.4 Å². The molecule has 1 aromatic rings. The molecule has 100 valence electrons. The van der Waals surface area contributed by atoms with Crippen LogP contribution >= 0.6 is 11.6 Å². The molecule has 0 aliphatic carbocycles. The van der Waals surface area contributed by atoms with Crippen molar-refractivity contribution >= 4 is 23.1 Å². The first-order valence-electron chi connectivity index (χ1n) is 4.76. The highest BCUT2D eigenvalue weighted by atomic mass is 35.5. The number of rotatable bonds is 6. The third kappa shape index (κ3) is 3.44. The van der Waals surface area contributed by atoms with Gasteiger partial charge in [-0.3, -0.25) is 10.1 Å². The molecule has 1 rings (SSSR count). The summed E-state index contributed by atoms with van der Waals surface area (Å²) in [6.45, 7) is -1.47. The Morgan fingerprint density at radius 1 is 1.56 bits per heavy atom. The Balaban J connectivity index is 3.18. The maximum absolute atomic E-state index is 12.4. The summed E-state index contributed by atoms with van der Waals surface area (Å²) in [4.78, 5) is 17.8. The average Bonchev–Trinajstić information content (AvgIpc) is 2.27. The van der Waals surface area contributed by atoms with Crippen molar-refractivity contribution in [1.82, 2.24) is 9.97 Å². The van der Waals surface area contributed by atoms with E-state index in [2.05, 4.69) is 9.97 Å². The van der Waals surface area contributed by atoms with Gasteiger partial charge in [0.15, 0.2) is 0 Å². The van der Waals surface area contributed by atoms with Gasteiger partial charge in [-0.1, -0.05) is 11.6 Å². The summed E-state index contributed by atoms with van der Waals surface area (Å²) >= 11 is 5.54.